The van der Waals surface area contributed by atoms with E-state index in [1.54, 1.807) is 12.1 Å². The van der Waals surface area contributed by atoms with E-state index in [0.717, 1.165) is 47.7 Å². The molecule has 4 rings (SSSR count). The number of aromatic nitrogens is 1. The first kappa shape index (κ1) is 18.6. The van der Waals surface area contributed by atoms with Gasteiger partial charge in [0.1, 0.15) is 0 Å². The van der Waals surface area contributed by atoms with Crippen LogP contribution >= 0.6 is 0 Å². The van der Waals surface area contributed by atoms with Gasteiger partial charge in [-0.25, -0.2) is 0 Å². The fourth-order valence-corrected chi connectivity index (χ4v) is 4.41. The van der Waals surface area contributed by atoms with E-state index in [0.29, 0.717) is 5.56 Å². The van der Waals surface area contributed by atoms with Gasteiger partial charge in [-0.2, -0.15) is 0 Å². The first-order chi connectivity index (χ1) is 13.3. The lowest BCUT2D eigenvalue weighted by Gasteiger charge is -2.39. The van der Waals surface area contributed by atoms with E-state index in [1.165, 1.54) is 12.5 Å². The van der Waals surface area contributed by atoms with Gasteiger partial charge >= 0.3 is 0 Å². The van der Waals surface area contributed by atoms with Crippen molar-refractivity contribution in [2.45, 2.75) is 38.6 Å². The Kier molecular flexibility index (Phi) is 4.46. The largest absolute Gasteiger partial charge is 0.344 e. The molecule has 3 aromatic rings. The zero-order valence-corrected chi connectivity index (χ0v) is 16.6. The highest BCUT2D eigenvalue weighted by molar-refractivity contribution is 6.12. The van der Waals surface area contributed by atoms with Crippen LogP contribution in [0.4, 0.5) is 5.69 Å². The van der Waals surface area contributed by atoms with Crippen LogP contribution in [0.25, 0.3) is 21.8 Å². The third-order valence-corrected chi connectivity index (χ3v) is 6.16. The molecule has 1 aromatic heterocycles. The van der Waals surface area contributed by atoms with Gasteiger partial charge in [-0.1, -0.05) is 6.42 Å². The molecule has 28 heavy (non-hydrogen) atoms. The van der Waals surface area contributed by atoms with Crippen molar-refractivity contribution in [1.82, 2.24) is 9.47 Å². The smallest absolute Gasteiger partial charge is 0.270 e. The minimum atomic E-state index is -0.565. The van der Waals surface area contributed by atoms with Gasteiger partial charge in [-0.3, -0.25) is 19.8 Å². The third kappa shape index (κ3) is 2.88. The molecule has 0 unspecified atom stereocenters. The SMILES string of the molecule is Cn1c2ccc(C(=O)C(C)(C)N3CCCCC3)cc2c2cc([N+](=O)[O-])ccc21. The van der Waals surface area contributed by atoms with E-state index >= 15 is 0 Å². The van der Waals surface area contributed by atoms with Gasteiger partial charge < -0.3 is 4.57 Å². The van der Waals surface area contributed by atoms with Crippen molar-refractivity contribution in [2.24, 2.45) is 7.05 Å². The number of carbonyl (C=O) groups excluding carboxylic acids is 1. The van der Waals surface area contributed by atoms with Crippen LogP contribution in [0, 0.1) is 10.1 Å². The highest BCUT2D eigenvalue weighted by atomic mass is 16.6. The van der Waals surface area contributed by atoms with Crippen LogP contribution in [0.3, 0.4) is 0 Å². The molecular weight excluding hydrogens is 354 g/mol. The average molecular weight is 379 g/mol. The summed E-state index contributed by atoms with van der Waals surface area (Å²) in [4.78, 5) is 26.5. The summed E-state index contributed by atoms with van der Waals surface area (Å²) in [6.07, 6.45) is 3.48. The number of piperidine rings is 1. The molecular formula is C22H25N3O3. The summed E-state index contributed by atoms with van der Waals surface area (Å²) in [6, 6.07) is 10.6. The third-order valence-electron chi connectivity index (χ3n) is 6.16. The predicted octanol–water partition coefficient (Wildman–Crippen LogP) is 4.69. The summed E-state index contributed by atoms with van der Waals surface area (Å²) >= 11 is 0. The quantitative estimate of drug-likeness (QED) is 0.375. The minimum absolute atomic E-state index is 0.0605. The van der Waals surface area contributed by atoms with Crippen molar-refractivity contribution in [1.29, 1.82) is 0 Å². The number of aryl methyl sites for hydroxylation is 1. The lowest BCUT2D eigenvalue weighted by atomic mass is 9.89. The molecule has 0 saturated carbocycles. The molecule has 0 bridgehead atoms. The molecule has 0 amide bonds. The van der Waals surface area contributed by atoms with E-state index in [4.69, 9.17) is 0 Å². The molecule has 146 valence electrons. The Bertz CT molecular complexity index is 1090. The normalized spacial score (nSPS) is 16.0. The fourth-order valence-electron chi connectivity index (χ4n) is 4.41. The number of carbonyl (C=O) groups is 1. The molecule has 1 aliphatic rings. The molecule has 1 saturated heterocycles. The first-order valence-electron chi connectivity index (χ1n) is 9.77. The van der Waals surface area contributed by atoms with E-state index in [9.17, 15) is 14.9 Å². The van der Waals surface area contributed by atoms with Crippen molar-refractivity contribution in [2.75, 3.05) is 13.1 Å². The van der Waals surface area contributed by atoms with Crippen LogP contribution in [0.1, 0.15) is 43.5 Å². The predicted molar refractivity (Wildman–Crippen MR) is 111 cm³/mol. The van der Waals surface area contributed by atoms with Gasteiger partial charge in [0.25, 0.3) is 5.69 Å². The second-order valence-corrected chi connectivity index (χ2v) is 8.19. The Labute approximate surface area is 163 Å². The van der Waals surface area contributed by atoms with Crippen molar-refractivity contribution < 1.29 is 9.72 Å². The lowest BCUT2D eigenvalue weighted by molar-refractivity contribution is -0.384. The Hall–Kier alpha value is -2.73. The standard InChI is InChI=1S/C22H25N3O3/c1-22(2,24-11-5-4-6-12-24)21(26)15-7-9-19-17(13-15)18-14-16(25(27)28)8-10-20(18)23(19)3/h7-10,13-14H,4-6,11-12H2,1-3H3. The zero-order chi connectivity index (χ0) is 20.1. The second kappa shape index (κ2) is 6.71. The van der Waals surface area contributed by atoms with Gasteiger partial charge in [0.15, 0.2) is 5.78 Å². The van der Waals surface area contributed by atoms with Gasteiger partial charge in [-0.05, 0) is 64.0 Å². The minimum Gasteiger partial charge on any atom is -0.344 e. The Morgan fingerprint density at radius 1 is 1.00 bits per heavy atom. The Morgan fingerprint density at radius 3 is 2.25 bits per heavy atom. The molecule has 2 aromatic carbocycles. The summed E-state index contributed by atoms with van der Waals surface area (Å²) in [5.74, 6) is 0.0960. The maximum atomic E-state index is 13.4. The van der Waals surface area contributed by atoms with Gasteiger partial charge in [0, 0.05) is 46.5 Å². The highest BCUT2D eigenvalue weighted by Gasteiger charge is 2.35. The number of benzene rings is 2. The molecule has 0 aliphatic carbocycles. The van der Waals surface area contributed by atoms with Crippen LogP contribution < -0.4 is 0 Å². The highest BCUT2D eigenvalue weighted by Crippen LogP contribution is 2.33. The van der Waals surface area contributed by atoms with E-state index in [1.807, 2.05) is 43.7 Å². The number of hydrogen-bond donors (Lipinski definition) is 0. The number of hydrogen-bond acceptors (Lipinski definition) is 4. The number of nitro benzene ring substituents is 1. The number of Topliss-reactive ketones (excluding diaryl/α,β-unsaturated/α-hetero) is 1. The average Bonchev–Trinajstić information content (AvgIpc) is 2.99. The summed E-state index contributed by atoms with van der Waals surface area (Å²) in [6.45, 7) is 5.89. The van der Waals surface area contributed by atoms with Gasteiger partial charge in [0.2, 0.25) is 0 Å². The van der Waals surface area contributed by atoms with Crippen molar-refractivity contribution in [3.63, 3.8) is 0 Å². The Balaban J connectivity index is 1.82. The van der Waals surface area contributed by atoms with Crippen LogP contribution in [-0.2, 0) is 7.05 Å². The topological polar surface area (TPSA) is 68.4 Å². The number of fused-ring (bicyclic) bond motifs is 3. The van der Waals surface area contributed by atoms with Crippen LogP contribution in [0.15, 0.2) is 36.4 Å². The summed E-state index contributed by atoms with van der Waals surface area (Å²) in [7, 11) is 1.94. The summed E-state index contributed by atoms with van der Waals surface area (Å²) in [5, 5.41) is 12.9. The van der Waals surface area contributed by atoms with Crippen LogP contribution in [-0.4, -0.2) is 38.8 Å². The monoisotopic (exact) mass is 379 g/mol. The molecule has 2 heterocycles. The number of nitro groups is 1. The number of nitrogens with zero attached hydrogens (tertiary/aromatic N) is 3. The molecule has 6 heteroatoms. The maximum Gasteiger partial charge on any atom is 0.270 e. The zero-order valence-electron chi connectivity index (χ0n) is 16.6. The van der Waals surface area contributed by atoms with Crippen LogP contribution in [0.2, 0.25) is 0 Å². The maximum absolute atomic E-state index is 13.4. The van der Waals surface area contributed by atoms with Crippen LogP contribution in [0.5, 0.6) is 0 Å². The van der Waals surface area contributed by atoms with Crippen molar-refractivity contribution in [3.8, 4) is 0 Å². The summed E-state index contributed by atoms with van der Waals surface area (Å²) in [5.41, 5.74) is 2.03. The fraction of sp³-hybridized carbons (Fsp3) is 0.409. The molecule has 0 radical (unpaired) electrons. The number of ketones is 1. The van der Waals surface area contributed by atoms with Crippen molar-refractivity contribution in [3.05, 3.63) is 52.1 Å². The first-order valence-corrected chi connectivity index (χ1v) is 9.77. The molecule has 1 aliphatic heterocycles. The van der Waals surface area contributed by atoms with E-state index < -0.39 is 5.54 Å². The lowest BCUT2D eigenvalue weighted by Crippen LogP contribution is -2.52. The van der Waals surface area contributed by atoms with Gasteiger partial charge in [0.05, 0.1) is 10.5 Å². The summed E-state index contributed by atoms with van der Waals surface area (Å²) < 4.78 is 2.01. The molecule has 1 fully saturated rings. The number of rotatable bonds is 4. The second-order valence-electron chi connectivity index (χ2n) is 8.19. The molecule has 0 spiro atoms. The molecule has 0 N–H and O–H groups in total. The van der Waals surface area contributed by atoms with Crippen molar-refractivity contribution >= 4 is 33.3 Å². The van der Waals surface area contributed by atoms with E-state index in [2.05, 4.69) is 4.90 Å². The molecule has 0 atom stereocenters. The Morgan fingerprint density at radius 2 is 1.61 bits per heavy atom. The number of likely N-dealkylation sites (tertiary alicyclic amines) is 1. The van der Waals surface area contributed by atoms with E-state index in [-0.39, 0.29) is 16.4 Å². The number of non-ortho nitro benzene ring substituents is 1. The molecule has 6 nitrogen and oxygen atoms in total. The van der Waals surface area contributed by atoms with Gasteiger partial charge in [-0.15, -0.1) is 0 Å².